The lowest BCUT2D eigenvalue weighted by Crippen LogP contribution is -2.14. The van der Waals surface area contributed by atoms with Crippen molar-refractivity contribution in [2.24, 2.45) is 0 Å². The van der Waals surface area contributed by atoms with E-state index in [0.29, 0.717) is 23.1 Å². The van der Waals surface area contributed by atoms with E-state index in [0.717, 1.165) is 23.1 Å². The summed E-state index contributed by atoms with van der Waals surface area (Å²) in [6.45, 7) is 4.34. The third kappa shape index (κ3) is 4.39. The lowest BCUT2D eigenvalue weighted by Gasteiger charge is -2.15. The third-order valence-electron chi connectivity index (χ3n) is 3.61. The molecule has 0 radical (unpaired) electrons. The molecule has 23 heavy (non-hydrogen) atoms. The van der Waals surface area contributed by atoms with Crippen molar-refractivity contribution in [3.05, 3.63) is 58.1 Å². The molecule has 0 unspecified atom stereocenters. The Balaban J connectivity index is 2.18. The van der Waals surface area contributed by atoms with Crippen LogP contribution >= 0.6 is 11.6 Å². The highest BCUT2D eigenvalue weighted by molar-refractivity contribution is 6.32. The predicted octanol–water partition coefficient (Wildman–Crippen LogP) is 4.97. The summed E-state index contributed by atoms with van der Waals surface area (Å²) < 4.78 is 10.5. The van der Waals surface area contributed by atoms with E-state index in [9.17, 15) is 4.79 Å². The lowest BCUT2D eigenvalue weighted by molar-refractivity contribution is 0.187. The minimum atomic E-state index is -0.512. The first-order valence-electron chi connectivity index (χ1n) is 7.39. The molecular formula is C18H20ClNO3. The van der Waals surface area contributed by atoms with Crippen molar-refractivity contribution in [2.75, 3.05) is 12.4 Å². The Morgan fingerprint density at radius 1 is 1.26 bits per heavy atom. The Morgan fingerprint density at radius 2 is 2.04 bits per heavy atom. The van der Waals surface area contributed by atoms with Crippen molar-refractivity contribution < 1.29 is 14.3 Å². The van der Waals surface area contributed by atoms with Crippen molar-refractivity contribution in [1.82, 2.24) is 0 Å². The molecule has 0 heterocycles. The molecule has 0 aliphatic heterocycles. The number of rotatable bonds is 5. The third-order valence-corrected chi connectivity index (χ3v) is 3.90. The second kappa shape index (κ2) is 7.88. The molecule has 0 aliphatic rings. The van der Waals surface area contributed by atoms with Crippen LogP contribution in [0.5, 0.6) is 5.75 Å². The number of nitrogens with one attached hydrogen (secondary N) is 1. The average molecular weight is 334 g/mol. The van der Waals surface area contributed by atoms with Crippen LogP contribution in [0.25, 0.3) is 0 Å². The van der Waals surface area contributed by atoms with Gasteiger partial charge < -0.3 is 9.47 Å². The van der Waals surface area contributed by atoms with Crippen LogP contribution < -0.4 is 10.1 Å². The molecule has 0 spiro atoms. The molecule has 2 aromatic rings. The Hall–Kier alpha value is -2.20. The van der Waals surface area contributed by atoms with Crippen molar-refractivity contribution in [2.45, 2.75) is 26.9 Å². The maximum Gasteiger partial charge on any atom is 0.411 e. The van der Waals surface area contributed by atoms with E-state index in [4.69, 9.17) is 16.3 Å². The first-order chi connectivity index (χ1) is 11.0. The van der Waals surface area contributed by atoms with Gasteiger partial charge in [-0.15, -0.1) is 0 Å². The van der Waals surface area contributed by atoms with Crippen LogP contribution in [0.3, 0.4) is 0 Å². The fraction of sp³-hybridized carbons (Fsp3) is 0.278. The van der Waals surface area contributed by atoms with Crippen LogP contribution in [-0.2, 0) is 17.8 Å². The van der Waals surface area contributed by atoms with Crippen molar-refractivity contribution in [3.8, 4) is 5.75 Å². The van der Waals surface area contributed by atoms with Crippen molar-refractivity contribution in [1.29, 1.82) is 0 Å². The molecule has 4 nitrogen and oxygen atoms in total. The number of hydrogen-bond donors (Lipinski definition) is 1. The molecule has 0 saturated carbocycles. The zero-order chi connectivity index (χ0) is 16.8. The molecule has 0 fully saturated rings. The van der Waals surface area contributed by atoms with Crippen LogP contribution in [0.1, 0.15) is 23.6 Å². The van der Waals surface area contributed by atoms with E-state index >= 15 is 0 Å². The minimum absolute atomic E-state index is 0.303. The van der Waals surface area contributed by atoms with Crippen LogP contribution in [-0.4, -0.2) is 13.2 Å². The molecule has 0 aliphatic carbocycles. The van der Waals surface area contributed by atoms with E-state index in [2.05, 4.69) is 17.0 Å². The first kappa shape index (κ1) is 17.2. The fourth-order valence-corrected chi connectivity index (χ4v) is 2.46. The standard InChI is InChI=1S/C18H20ClNO3/c1-4-13-8-9-17(15(19)10-13)23-11-14-12(2)6-5-7-16(14)20-18(21)22-3/h5-10H,4,11H2,1-3H3,(H,20,21). The lowest BCUT2D eigenvalue weighted by atomic mass is 10.1. The number of aryl methyl sites for hydroxylation is 2. The summed E-state index contributed by atoms with van der Waals surface area (Å²) in [6, 6.07) is 11.4. The Morgan fingerprint density at radius 3 is 2.70 bits per heavy atom. The molecule has 2 rings (SSSR count). The summed E-state index contributed by atoms with van der Waals surface area (Å²) >= 11 is 6.25. The van der Waals surface area contributed by atoms with Crippen LogP contribution in [0.2, 0.25) is 5.02 Å². The van der Waals surface area contributed by atoms with E-state index in [1.54, 1.807) is 0 Å². The van der Waals surface area contributed by atoms with E-state index in [1.165, 1.54) is 7.11 Å². The quantitative estimate of drug-likeness (QED) is 0.840. The fourth-order valence-electron chi connectivity index (χ4n) is 2.20. The van der Waals surface area contributed by atoms with Gasteiger partial charge in [0.15, 0.2) is 0 Å². The molecule has 122 valence electrons. The van der Waals surface area contributed by atoms with Crippen LogP contribution in [0, 0.1) is 6.92 Å². The number of anilines is 1. The van der Waals surface area contributed by atoms with Gasteiger partial charge in [-0.05, 0) is 42.7 Å². The second-order valence-electron chi connectivity index (χ2n) is 5.12. The number of halogens is 1. The van der Waals surface area contributed by atoms with Crippen LogP contribution in [0.15, 0.2) is 36.4 Å². The molecule has 0 saturated heterocycles. The van der Waals surface area contributed by atoms with Crippen LogP contribution in [0.4, 0.5) is 10.5 Å². The Labute approximate surface area is 141 Å². The predicted molar refractivity (Wildman–Crippen MR) is 92.4 cm³/mol. The monoisotopic (exact) mass is 333 g/mol. The zero-order valence-electron chi connectivity index (χ0n) is 13.5. The van der Waals surface area contributed by atoms with Crippen molar-refractivity contribution in [3.63, 3.8) is 0 Å². The molecule has 1 amide bonds. The number of carbonyl (C=O) groups excluding carboxylic acids is 1. The molecule has 0 bridgehead atoms. The average Bonchev–Trinajstić information content (AvgIpc) is 2.55. The SMILES string of the molecule is CCc1ccc(OCc2c(C)cccc2NC(=O)OC)c(Cl)c1. The highest BCUT2D eigenvalue weighted by Crippen LogP contribution is 2.28. The molecule has 2 aromatic carbocycles. The summed E-state index contributed by atoms with van der Waals surface area (Å²) in [5.41, 5.74) is 3.72. The number of methoxy groups -OCH3 is 1. The topological polar surface area (TPSA) is 47.6 Å². The summed E-state index contributed by atoms with van der Waals surface area (Å²) in [5.74, 6) is 0.621. The number of hydrogen-bond acceptors (Lipinski definition) is 3. The van der Waals surface area contributed by atoms with E-state index in [1.807, 2.05) is 43.3 Å². The Kier molecular flexibility index (Phi) is 5.88. The molecule has 0 aromatic heterocycles. The van der Waals surface area contributed by atoms with Gasteiger partial charge in [0.2, 0.25) is 0 Å². The maximum absolute atomic E-state index is 11.4. The van der Waals surface area contributed by atoms with Gasteiger partial charge in [0.05, 0.1) is 17.8 Å². The van der Waals surface area contributed by atoms with Gasteiger partial charge in [-0.25, -0.2) is 4.79 Å². The maximum atomic E-state index is 11.4. The Bertz CT molecular complexity index is 701. The number of amides is 1. The summed E-state index contributed by atoms with van der Waals surface area (Å²) in [7, 11) is 1.33. The normalized spacial score (nSPS) is 10.3. The number of benzene rings is 2. The number of ether oxygens (including phenoxy) is 2. The second-order valence-corrected chi connectivity index (χ2v) is 5.53. The summed E-state index contributed by atoms with van der Waals surface area (Å²) in [4.78, 5) is 11.4. The number of carbonyl (C=O) groups is 1. The van der Waals surface area contributed by atoms with Gasteiger partial charge in [0.25, 0.3) is 0 Å². The largest absolute Gasteiger partial charge is 0.487 e. The van der Waals surface area contributed by atoms with Gasteiger partial charge in [-0.3, -0.25) is 5.32 Å². The minimum Gasteiger partial charge on any atom is -0.487 e. The smallest absolute Gasteiger partial charge is 0.411 e. The summed E-state index contributed by atoms with van der Waals surface area (Å²) in [6.07, 6.45) is 0.410. The highest BCUT2D eigenvalue weighted by atomic mass is 35.5. The van der Waals surface area contributed by atoms with E-state index < -0.39 is 6.09 Å². The van der Waals surface area contributed by atoms with Gasteiger partial charge in [0.1, 0.15) is 12.4 Å². The van der Waals surface area contributed by atoms with Gasteiger partial charge in [-0.2, -0.15) is 0 Å². The van der Waals surface area contributed by atoms with Crippen molar-refractivity contribution >= 4 is 23.4 Å². The molecular weight excluding hydrogens is 314 g/mol. The van der Waals surface area contributed by atoms with Gasteiger partial charge in [-0.1, -0.05) is 36.7 Å². The first-order valence-corrected chi connectivity index (χ1v) is 7.77. The van der Waals surface area contributed by atoms with E-state index in [-0.39, 0.29) is 0 Å². The molecule has 0 atom stereocenters. The highest BCUT2D eigenvalue weighted by Gasteiger charge is 2.11. The van der Waals surface area contributed by atoms with Gasteiger partial charge in [0, 0.05) is 5.56 Å². The van der Waals surface area contributed by atoms with Gasteiger partial charge >= 0.3 is 6.09 Å². The zero-order valence-corrected chi connectivity index (χ0v) is 14.2. The summed E-state index contributed by atoms with van der Waals surface area (Å²) in [5, 5.41) is 3.28. The molecule has 5 heteroatoms. The molecule has 1 N–H and O–H groups in total.